The van der Waals surface area contributed by atoms with Gasteiger partial charge in [0.1, 0.15) is 11.5 Å². The van der Waals surface area contributed by atoms with E-state index in [0.29, 0.717) is 23.5 Å². The summed E-state index contributed by atoms with van der Waals surface area (Å²) in [4.78, 5) is 24.5. The molecule has 0 amide bonds. The third-order valence-electron chi connectivity index (χ3n) is 3.99. The van der Waals surface area contributed by atoms with Gasteiger partial charge in [0.2, 0.25) is 0 Å². The maximum absolute atomic E-state index is 12.4. The van der Waals surface area contributed by atoms with Crippen LogP contribution in [-0.4, -0.2) is 18.4 Å². The summed E-state index contributed by atoms with van der Waals surface area (Å²) in [5.74, 6) is 0.535. The Bertz CT molecular complexity index is 973. The van der Waals surface area contributed by atoms with Crippen molar-refractivity contribution in [1.29, 1.82) is 0 Å². The van der Waals surface area contributed by atoms with Crippen molar-refractivity contribution in [1.82, 2.24) is 0 Å². The normalized spacial score (nSPS) is 10.6. The average Bonchev–Trinajstić information content (AvgIpc) is 2.74. The van der Waals surface area contributed by atoms with Crippen LogP contribution in [0.15, 0.2) is 84.9 Å². The molecule has 0 bridgehead atoms. The van der Waals surface area contributed by atoms with Crippen LogP contribution in [0.25, 0.3) is 6.08 Å². The number of hydrogen-bond acceptors (Lipinski definition) is 4. The fraction of sp³-hybridized carbons (Fsp3) is 0.0833. The number of carbonyl (C=O) groups excluding carboxylic acids is 2. The first-order valence-corrected chi connectivity index (χ1v) is 8.99. The van der Waals surface area contributed by atoms with E-state index in [0.717, 1.165) is 11.3 Å². The van der Waals surface area contributed by atoms with Crippen molar-refractivity contribution in [3.05, 3.63) is 102 Å². The van der Waals surface area contributed by atoms with Gasteiger partial charge >= 0.3 is 5.97 Å². The minimum atomic E-state index is -0.438. The van der Waals surface area contributed by atoms with Crippen LogP contribution >= 0.6 is 0 Å². The lowest BCUT2D eigenvalue weighted by Crippen LogP contribution is -2.08. The van der Waals surface area contributed by atoms with Crippen LogP contribution in [0, 0.1) is 0 Å². The lowest BCUT2D eigenvalue weighted by molar-refractivity contribution is 0.0734. The minimum absolute atomic E-state index is 0.146. The fourth-order valence-corrected chi connectivity index (χ4v) is 2.59. The second kappa shape index (κ2) is 9.33. The number of esters is 1. The molecule has 0 spiro atoms. The molecule has 3 aromatic rings. The number of para-hydroxylation sites is 1. The molecule has 0 aromatic heterocycles. The quantitative estimate of drug-likeness (QED) is 0.248. The van der Waals surface area contributed by atoms with Crippen LogP contribution in [0.1, 0.15) is 33.2 Å². The molecule has 4 nitrogen and oxygen atoms in total. The Balaban J connectivity index is 1.66. The van der Waals surface area contributed by atoms with Gasteiger partial charge in [0, 0.05) is 11.1 Å². The molecule has 0 saturated heterocycles. The van der Waals surface area contributed by atoms with Gasteiger partial charge in [-0.1, -0.05) is 36.4 Å². The minimum Gasteiger partial charge on any atom is -0.493 e. The number of rotatable bonds is 7. The number of ether oxygens (including phenoxy) is 2. The van der Waals surface area contributed by atoms with Crippen LogP contribution in [0.4, 0.5) is 0 Å². The maximum atomic E-state index is 12.4. The average molecular weight is 372 g/mol. The van der Waals surface area contributed by atoms with Gasteiger partial charge in [-0.05, 0) is 61.5 Å². The van der Waals surface area contributed by atoms with Gasteiger partial charge < -0.3 is 9.47 Å². The first kappa shape index (κ1) is 19.1. The first-order valence-electron chi connectivity index (χ1n) is 8.99. The zero-order valence-electron chi connectivity index (χ0n) is 15.5. The molecular weight excluding hydrogens is 352 g/mol. The van der Waals surface area contributed by atoms with Crippen LogP contribution < -0.4 is 9.47 Å². The van der Waals surface area contributed by atoms with Crippen LogP contribution in [0.3, 0.4) is 0 Å². The third-order valence-corrected chi connectivity index (χ3v) is 3.99. The van der Waals surface area contributed by atoms with Gasteiger partial charge in [-0.3, -0.25) is 4.79 Å². The molecule has 0 radical (unpaired) electrons. The maximum Gasteiger partial charge on any atom is 0.343 e. The third kappa shape index (κ3) is 4.95. The smallest absolute Gasteiger partial charge is 0.343 e. The number of carbonyl (C=O) groups is 2. The Labute approximate surface area is 164 Å². The molecule has 4 heteroatoms. The van der Waals surface area contributed by atoms with Crippen molar-refractivity contribution in [3.8, 4) is 11.5 Å². The largest absolute Gasteiger partial charge is 0.493 e. The zero-order valence-corrected chi connectivity index (χ0v) is 15.5. The monoisotopic (exact) mass is 372 g/mol. The van der Waals surface area contributed by atoms with Gasteiger partial charge in [0.15, 0.2) is 5.78 Å². The van der Waals surface area contributed by atoms with Crippen LogP contribution in [0.5, 0.6) is 11.5 Å². The predicted octanol–water partition coefficient (Wildman–Crippen LogP) is 5.20. The molecule has 3 rings (SSSR count). The van der Waals surface area contributed by atoms with E-state index in [1.807, 2.05) is 37.3 Å². The van der Waals surface area contributed by atoms with Crippen molar-refractivity contribution in [2.24, 2.45) is 0 Å². The molecule has 3 aromatic carbocycles. The van der Waals surface area contributed by atoms with Gasteiger partial charge in [-0.2, -0.15) is 0 Å². The highest BCUT2D eigenvalue weighted by molar-refractivity contribution is 6.07. The Morgan fingerprint density at radius 1 is 0.821 bits per heavy atom. The summed E-state index contributed by atoms with van der Waals surface area (Å²) >= 11 is 0. The van der Waals surface area contributed by atoms with Crippen molar-refractivity contribution < 1.29 is 19.1 Å². The summed E-state index contributed by atoms with van der Waals surface area (Å²) < 4.78 is 10.9. The summed E-state index contributed by atoms with van der Waals surface area (Å²) in [6, 6.07) is 22.8. The molecule has 0 aliphatic heterocycles. The lowest BCUT2D eigenvalue weighted by atomic mass is 10.1. The number of benzene rings is 3. The molecule has 140 valence electrons. The summed E-state index contributed by atoms with van der Waals surface area (Å²) in [6.45, 7) is 2.47. The highest BCUT2D eigenvalue weighted by atomic mass is 16.5. The second-order valence-corrected chi connectivity index (χ2v) is 5.95. The molecule has 0 unspecified atom stereocenters. The van der Waals surface area contributed by atoms with Crippen LogP contribution in [-0.2, 0) is 0 Å². The lowest BCUT2D eigenvalue weighted by Gasteiger charge is -2.06. The highest BCUT2D eigenvalue weighted by Crippen LogP contribution is 2.20. The summed E-state index contributed by atoms with van der Waals surface area (Å²) in [5, 5.41) is 0. The van der Waals surface area contributed by atoms with E-state index in [2.05, 4.69) is 0 Å². The van der Waals surface area contributed by atoms with Gasteiger partial charge in [0.05, 0.1) is 12.2 Å². The van der Waals surface area contributed by atoms with E-state index in [1.165, 1.54) is 6.08 Å². The SMILES string of the molecule is CCOc1ccccc1/C=C/C(=O)c1ccc(OC(=O)c2ccccc2)cc1. The van der Waals surface area contributed by atoms with Crippen molar-refractivity contribution in [2.75, 3.05) is 6.61 Å². The van der Waals surface area contributed by atoms with E-state index in [4.69, 9.17) is 9.47 Å². The predicted molar refractivity (Wildman–Crippen MR) is 109 cm³/mol. The van der Waals surface area contributed by atoms with E-state index < -0.39 is 5.97 Å². The van der Waals surface area contributed by atoms with E-state index in [9.17, 15) is 9.59 Å². The second-order valence-electron chi connectivity index (χ2n) is 5.95. The van der Waals surface area contributed by atoms with Crippen molar-refractivity contribution >= 4 is 17.8 Å². The van der Waals surface area contributed by atoms with E-state index >= 15 is 0 Å². The molecule has 0 atom stereocenters. The molecule has 0 heterocycles. The van der Waals surface area contributed by atoms with Gasteiger partial charge in [0.25, 0.3) is 0 Å². The fourth-order valence-electron chi connectivity index (χ4n) is 2.59. The Kier molecular flexibility index (Phi) is 6.37. The molecule has 0 saturated carbocycles. The van der Waals surface area contributed by atoms with Gasteiger partial charge in [-0.25, -0.2) is 4.79 Å². The molecule has 0 aliphatic rings. The van der Waals surface area contributed by atoms with Gasteiger partial charge in [-0.15, -0.1) is 0 Å². The summed E-state index contributed by atoms with van der Waals surface area (Å²) in [7, 11) is 0. The number of ketones is 1. The van der Waals surface area contributed by atoms with Crippen LogP contribution in [0.2, 0.25) is 0 Å². The standard InChI is InChI=1S/C24H20O4/c1-2-27-23-11-7-6-8-19(23)14-17-22(25)18-12-15-21(16-13-18)28-24(26)20-9-4-3-5-10-20/h3-17H,2H2,1H3/b17-14+. The Hall–Kier alpha value is -3.66. The molecule has 0 N–H and O–H groups in total. The molecular formula is C24H20O4. The summed E-state index contributed by atoms with van der Waals surface area (Å²) in [6.07, 6.45) is 3.24. The van der Waals surface area contributed by atoms with E-state index in [-0.39, 0.29) is 5.78 Å². The highest BCUT2D eigenvalue weighted by Gasteiger charge is 2.09. The first-order chi connectivity index (χ1) is 13.7. The Morgan fingerprint density at radius 2 is 1.50 bits per heavy atom. The Morgan fingerprint density at radius 3 is 2.21 bits per heavy atom. The molecule has 0 fully saturated rings. The zero-order chi connectivity index (χ0) is 19.8. The topological polar surface area (TPSA) is 52.6 Å². The van der Waals surface area contributed by atoms with Crippen molar-refractivity contribution in [3.63, 3.8) is 0 Å². The number of hydrogen-bond donors (Lipinski definition) is 0. The molecule has 0 aliphatic carbocycles. The van der Waals surface area contributed by atoms with Crippen molar-refractivity contribution in [2.45, 2.75) is 6.92 Å². The number of allylic oxidation sites excluding steroid dienone is 1. The summed E-state index contributed by atoms with van der Waals surface area (Å²) in [5.41, 5.74) is 1.81. The molecule has 28 heavy (non-hydrogen) atoms. The van der Waals surface area contributed by atoms with E-state index in [1.54, 1.807) is 54.6 Å².